The van der Waals surface area contributed by atoms with E-state index < -0.39 is 0 Å². The van der Waals surface area contributed by atoms with Gasteiger partial charge < -0.3 is 5.32 Å². The Morgan fingerprint density at radius 2 is 2.11 bits per heavy atom. The number of nitrogens with one attached hydrogen (secondary N) is 1. The molecule has 0 fully saturated rings. The molecule has 0 aliphatic heterocycles. The lowest BCUT2D eigenvalue weighted by Gasteiger charge is -2.18. The largest absolute Gasteiger partial charge is 0.313 e. The van der Waals surface area contributed by atoms with Crippen LogP contribution < -0.4 is 5.32 Å². The Kier molecular flexibility index (Phi) is 6.53. The van der Waals surface area contributed by atoms with E-state index in [0.29, 0.717) is 11.3 Å². The number of hydrogen-bond acceptors (Lipinski definition) is 3. The SMILES string of the molecule is CCNC(CSC(C)C)Cc1c(C)nn(C)c1Cl. The summed E-state index contributed by atoms with van der Waals surface area (Å²) in [7, 11) is 1.89. The zero-order valence-corrected chi connectivity index (χ0v) is 13.5. The predicted molar refractivity (Wildman–Crippen MR) is 81.7 cm³/mol. The molecular formula is C13H24ClN3S. The number of rotatable bonds is 7. The molecule has 0 bridgehead atoms. The lowest BCUT2D eigenvalue weighted by atomic mass is 10.1. The smallest absolute Gasteiger partial charge is 0.130 e. The Labute approximate surface area is 120 Å². The maximum absolute atomic E-state index is 6.29. The molecule has 0 saturated heterocycles. The van der Waals surface area contributed by atoms with E-state index in [-0.39, 0.29) is 0 Å². The summed E-state index contributed by atoms with van der Waals surface area (Å²) >= 11 is 8.27. The first kappa shape index (κ1) is 15.9. The molecule has 0 spiro atoms. The summed E-state index contributed by atoms with van der Waals surface area (Å²) in [5.74, 6) is 1.11. The summed E-state index contributed by atoms with van der Waals surface area (Å²) in [5, 5.41) is 9.33. The summed E-state index contributed by atoms with van der Waals surface area (Å²) < 4.78 is 1.75. The van der Waals surface area contributed by atoms with Crippen molar-refractivity contribution < 1.29 is 0 Å². The van der Waals surface area contributed by atoms with E-state index >= 15 is 0 Å². The van der Waals surface area contributed by atoms with Crippen LogP contribution in [0.5, 0.6) is 0 Å². The van der Waals surface area contributed by atoms with Crippen molar-refractivity contribution in [2.45, 2.75) is 45.4 Å². The first-order valence-corrected chi connectivity index (χ1v) is 7.91. The summed E-state index contributed by atoms with van der Waals surface area (Å²) in [5.41, 5.74) is 2.22. The van der Waals surface area contributed by atoms with Gasteiger partial charge in [-0.25, -0.2) is 0 Å². The number of nitrogens with zero attached hydrogens (tertiary/aromatic N) is 2. The van der Waals surface area contributed by atoms with Crippen molar-refractivity contribution in [3.8, 4) is 0 Å². The average Bonchev–Trinajstić information content (AvgIpc) is 2.53. The van der Waals surface area contributed by atoms with Gasteiger partial charge in [0, 0.05) is 24.4 Å². The molecule has 0 radical (unpaired) electrons. The van der Waals surface area contributed by atoms with Crippen LogP contribution in [0.1, 0.15) is 32.0 Å². The highest BCUT2D eigenvalue weighted by Gasteiger charge is 2.17. The average molecular weight is 290 g/mol. The molecule has 3 nitrogen and oxygen atoms in total. The number of halogens is 1. The molecule has 0 aliphatic rings. The Morgan fingerprint density at radius 1 is 1.44 bits per heavy atom. The quantitative estimate of drug-likeness (QED) is 0.837. The van der Waals surface area contributed by atoms with Crippen LogP contribution in [0, 0.1) is 6.92 Å². The molecule has 0 aliphatic carbocycles. The normalized spacial score (nSPS) is 13.3. The van der Waals surface area contributed by atoms with E-state index in [9.17, 15) is 0 Å². The van der Waals surface area contributed by atoms with Crippen molar-refractivity contribution in [1.29, 1.82) is 0 Å². The van der Waals surface area contributed by atoms with Gasteiger partial charge in [-0.05, 0) is 25.1 Å². The van der Waals surface area contributed by atoms with Gasteiger partial charge in [0.1, 0.15) is 5.15 Å². The Bertz CT molecular complexity index is 377. The van der Waals surface area contributed by atoms with Gasteiger partial charge in [0.05, 0.1) is 5.69 Å². The third kappa shape index (κ3) is 4.48. The Hall–Kier alpha value is -0.190. The summed E-state index contributed by atoms with van der Waals surface area (Å²) in [4.78, 5) is 0. The number of thioether (sulfide) groups is 1. The summed E-state index contributed by atoms with van der Waals surface area (Å²) in [6, 6.07) is 0.461. The predicted octanol–water partition coefficient (Wildman–Crippen LogP) is 3.04. The van der Waals surface area contributed by atoms with Gasteiger partial charge >= 0.3 is 0 Å². The van der Waals surface area contributed by atoms with Gasteiger partial charge in [0.2, 0.25) is 0 Å². The monoisotopic (exact) mass is 289 g/mol. The van der Waals surface area contributed by atoms with Crippen LogP contribution in [-0.2, 0) is 13.5 Å². The minimum absolute atomic E-state index is 0.461. The number of aryl methyl sites for hydroxylation is 2. The first-order valence-electron chi connectivity index (χ1n) is 6.48. The lowest BCUT2D eigenvalue weighted by molar-refractivity contribution is 0.571. The topological polar surface area (TPSA) is 29.9 Å². The maximum Gasteiger partial charge on any atom is 0.130 e. The fourth-order valence-corrected chi connectivity index (χ4v) is 3.04. The van der Waals surface area contributed by atoms with Crippen molar-refractivity contribution in [1.82, 2.24) is 15.1 Å². The van der Waals surface area contributed by atoms with Crippen LogP contribution in [0.2, 0.25) is 5.15 Å². The fourth-order valence-electron chi connectivity index (χ4n) is 1.94. The maximum atomic E-state index is 6.29. The van der Waals surface area contributed by atoms with Gasteiger partial charge in [-0.1, -0.05) is 32.4 Å². The molecule has 1 atom stereocenters. The van der Waals surface area contributed by atoms with Gasteiger partial charge in [-0.3, -0.25) is 4.68 Å². The highest BCUT2D eigenvalue weighted by atomic mass is 35.5. The summed E-state index contributed by atoms with van der Waals surface area (Å²) in [6.45, 7) is 9.62. The molecule has 0 saturated carbocycles. The van der Waals surface area contributed by atoms with Crippen LogP contribution in [0.15, 0.2) is 0 Å². The van der Waals surface area contributed by atoms with Crippen LogP contribution in [0.25, 0.3) is 0 Å². The fraction of sp³-hybridized carbons (Fsp3) is 0.769. The molecular weight excluding hydrogens is 266 g/mol. The van der Waals surface area contributed by atoms with Crippen molar-refractivity contribution in [2.24, 2.45) is 7.05 Å². The molecule has 1 unspecified atom stereocenters. The zero-order valence-electron chi connectivity index (χ0n) is 12.0. The van der Waals surface area contributed by atoms with Crippen molar-refractivity contribution >= 4 is 23.4 Å². The van der Waals surface area contributed by atoms with Gasteiger partial charge in [0.15, 0.2) is 0 Å². The van der Waals surface area contributed by atoms with Gasteiger partial charge in [0.25, 0.3) is 0 Å². The zero-order chi connectivity index (χ0) is 13.7. The van der Waals surface area contributed by atoms with Crippen molar-refractivity contribution in [3.05, 3.63) is 16.4 Å². The van der Waals surface area contributed by atoms with Crippen LogP contribution in [0.4, 0.5) is 0 Å². The molecule has 1 aromatic heterocycles. The molecule has 1 N–H and O–H groups in total. The second-order valence-electron chi connectivity index (χ2n) is 4.82. The van der Waals surface area contributed by atoms with E-state index in [0.717, 1.165) is 29.6 Å². The molecule has 1 aromatic rings. The van der Waals surface area contributed by atoms with Gasteiger partial charge in [-0.15, -0.1) is 0 Å². The van der Waals surface area contributed by atoms with Crippen molar-refractivity contribution in [3.63, 3.8) is 0 Å². The molecule has 5 heteroatoms. The van der Waals surface area contributed by atoms with Crippen LogP contribution in [-0.4, -0.2) is 33.4 Å². The summed E-state index contributed by atoms with van der Waals surface area (Å²) in [6.07, 6.45) is 0.950. The molecule has 0 aromatic carbocycles. The van der Waals surface area contributed by atoms with Gasteiger partial charge in [-0.2, -0.15) is 16.9 Å². The highest BCUT2D eigenvalue weighted by molar-refractivity contribution is 7.99. The Balaban J connectivity index is 2.70. The third-order valence-corrected chi connectivity index (χ3v) is 4.58. The van der Waals surface area contributed by atoms with Crippen molar-refractivity contribution in [2.75, 3.05) is 12.3 Å². The number of hydrogen-bond donors (Lipinski definition) is 1. The third-order valence-electron chi connectivity index (χ3n) is 2.84. The second kappa shape index (κ2) is 7.41. The highest BCUT2D eigenvalue weighted by Crippen LogP contribution is 2.22. The lowest BCUT2D eigenvalue weighted by Crippen LogP contribution is -2.33. The first-order chi connectivity index (χ1) is 8.45. The van der Waals surface area contributed by atoms with E-state index in [1.807, 2.05) is 25.7 Å². The molecule has 104 valence electrons. The van der Waals surface area contributed by atoms with E-state index in [2.05, 4.69) is 31.2 Å². The Morgan fingerprint density at radius 3 is 2.56 bits per heavy atom. The molecule has 1 heterocycles. The standard InChI is InChI=1S/C13H24ClN3S/c1-6-15-11(8-18-9(2)3)7-12-10(4)16-17(5)13(12)14/h9,11,15H,6-8H2,1-5H3. The number of aromatic nitrogens is 2. The minimum Gasteiger partial charge on any atom is -0.313 e. The van der Waals surface area contributed by atoms with E-state index in [1.165, 1.54) is 5.56 Å². The van der Waals surface area contributed by atoms with Crippen LogP contribution in [0.3, 0.4) is 0 Å². The molecule has 18 heavy (non-hydrogen) atoms. The molecule has 1 rings (SSSR count). The minimum atomic E-state index is 0.461. The molecule has 0 amide bonds. The second-order valence-corrected chi connectivity index (χ2v) is 6.79. The van der Waals surface area contributed by atoms with Crippen LogP contribution >= 0.6 is 23.4 Å². The number of likely N-dealkylation sites (N-methyl/N-ethyl adjacent to an activating group) is 1. The van der Waals surface area contributed by atoms with E-state index in [1.54, 1.807) is 4.68 Å². The van der Waals surface area contributed by atoms with E-state index in [4.69, 9.17) is 11.6 Å².